The van der Waals surface area contributed by atoms with Crippen molar-refractivity contribution in [2.45, 2.75) is 0 Å². The van der Waals surface area contributed by atoms with Crippen LogP contribution in [0, 0.1) is 0 Å². The maximum atomic E-state index is 5.50. The molecule has 0 saturated heterocycles. The Labute approximate surface area is 71.2 Å². The number of hydrogen-bond acceptors (Lipinski definition) is 3. The van der Waals surface area contributed by atoms with Crippen molar-refractivity contribution in [1.29, 1.82) is 0 Å². The molecule has 11 heavy (non-hydrogen) atoms. The van der Waals surface area contributed by atoms with Gasteiger partial charge >= 0.3 is 0 Å². The molecule has 56 valence electrons. The van der Waals surface area contributed by atoms with Crippen LogP contribution in [0.4, 0.5) is 5.82 Å². The van der Waals surface area contributed by atoms with Crippen LogP contribution in [-0.2, 0) is 0 Å². The van der Waals surface area contributed by atoms with Crippen LogP contribution in [0.3, 0.4) is 0 Å². The van der Waals surface area contributed by atoms with Crippen molar-refractivity contribution in [2.24, 2.45) is 0 Å². The zero-order chi connectivity index (χ0) is 7.84. The Morgan fingerprint density at radius 2 is 2.36 bits per heavy atom. The fourth-order valence-corrected chi connectivity index (χ4v) is 1.40. The summed E-state index contributed by atoms with van der Waals surface area (Å²) in [4.78, 5) is 4.04. The number of anilines is 1. The molecule has 0 fully saturated rings. The summed E-state index contributed by atoms with van der Waals surface area (Å²) < 4.78 is 2.47. The van der Waals surface area contributed by atoms with Gasteiger partial charge in [0, 0.05) is 12.1 Å². The average Bonchev–Trinajstić information content (AvgIpc) is 2.34. The van der Waals surface area contributed by atoms with E-state index >= 15 is 0 Å². The molecule has 2 heterocycles. The molecule has 0 aliphatic heterocycles. The lowest BCUT2D eigenvalue weighted by atomic mass is 10.6. The Kier molecular flexibility index (Phi) is 1.32. The van der Waals surface area contributed by atoms with E-state index in [4.69, 9.17) is 5.73 Å². The largest absolute Gasteiger partial charge is 0.384 e. The topological polar surface area (TPSA) is 56.2 Å². The average molecular weight is 213 g/mol. The number of nitrogen functional groups attached to an aromatic ring is 1. The highest BCUT2D eigenvalue weighted by molar-refractivity contribution is 9.10. The highest BCUT2D eigenvalue weighted by atomic mass is 79.9. The first kappa shape index (κ1) is 6.60. The maximum Gasteiger partial charge on any atom is 0.158 e. The number of aromatic nitrogens is 3. The summed E-state index contributed by atoms with van der Waals surface area (Å²) in [6.45, 7) is 0. The standard InChI is InChI=1S/C6H5BrN4/c7-4-3-5(8)10-6-1-2-9-11(4)6/h1-3H,(H2,8,10). The summed E-state index contributed by atoms with van der Waals surface area (Å²) in [6.07, 6.45) is 1.67. The van der Waals surface area contributed by atoms with Crippen LogP contribution in [0.5, 0.6) is 0 Å². The van der Waals surface area contributed by atoms with E-state index in [0.717, 1.165) is 10.3 Å². The van der Waals surface area contributed by atoms with E-state index in [0.29, 0.717) is 5.82 Å². The second kappa shape index (κ2) is 2.20. The van der Waals surface area contributed by atoms with Crippen LogP contribution in [0.1, 0.15) is 0 Å². The van der Waals surface area contributed by atoms with Crippen molar-refractivity contribution < 1.29 is 0 Å². The predicted octanol–water partition coefficient (Wildman–Crippen LogP) is 1.07. The van der Waals surface area contributed by atoms with Crippen molar-refractivity contribution in [1.82, 2.24) is 14.6 Å². The summed E-state index contributed by atoms with van der Waals surface area (Å²) in [7, 11) is 0. The van der Waals surface area contributed by atoms with Gasteiger partial charge in [-0.3, -0.25) is 0 Å². The lowest BCUT2D eigenvalue weighted by Crippen LogP contribution is -1.96. The molecule has 2 rings (SSSR count). The number of fused-ring (bicyclic) bond motifs is 1. The molecule has 0 unspecified atom stereocenters. The van der Waals surface area contributed by atoms with Crippen molar-refractivity contribution in [3.63, 3.8) is 0 Å². The molecule has 5 heteroatoms. The molecule has 4 nitrogen and oxygen atoms in total. The molecule has 0 amide bonds. The molecule has 0 radical (unpaired) electrons. The monoisotopic (exact) mass is 212 g/mol. The second-order valence-corrected chi connectivity index (χ2v) is 2.92. The van der Waals surface area contributed by atoms with Crippen LogP contribution < -0.4 is 5.73 Å². The minimum absolute atomic E-state index is 0.491. The van der Waals surface area contributed by atoms with Gasteiger partial charge < -0.3 is 5.73 Å². The van der Waals surface area contributed by atoms with Gasteiger partial charge in [0.15, 0.2) is 5.65 Å². The van der Waals surface area contributed by atoms with Crippen molar-refractivity contribution in [2.75, 3.05) is 5.73 Å². The quantitative estimate of drug-likeness (QED) is 0.666. The molecule has 0 spiro atoms. The molecule has 2 aromatic rings. The van der Waals surface area contributed by atoms with Crippen LogP contribution in [0.25, 0.3) is 5.65 Å². The number of halogens is 1. The summed E-state index contributed by atoms with van der Waals surface area (Å²) in [5.41, 5.74) is 6.25. The first-order valence-corrected chi connectivity index (χ1v) is 3.82. The smallest absolute Gasteiger partial charge is 0.158 e. The fourth-order valence-electron chi connectivity index (χ4n) is 0.893. The van der Waals surface area contributed by atoms with Gasteiger partial charge in [0.2, 0.25) is 0 Å². The van der Waals surface area contributed by atoms with Gasteiger partial charge in [0.25, 0.3) is 0 Å². The zero-order valence-corrected chi connectivity index (χ0v) is 7.12. The molecule has 0 saturated carbocycles. The second-order valence-electron chi connectivity index (χ2n) is 2.10. The van der Waals surface area contributed by atoms with E-state index in [9.17, 15) is 0 Å². The Hall–Kier alpha value is -1.10. The van der Waals surface area contributed by atoms with Gasteiger partial charge in [-0.1, -0.05) is 0 Å². The number of nitrogens with zero attached hydrogens (tertiary/aromatic N) is 3. The number of hydrogen-bond donors (Lipinski definition) is 1. The Morgan fingerprint density at radius 1 is 1.55 bits per heavy atom. The van der Waals surface area contributed by atoms with Gasteiger partial charge in [-0.15, -0.1) is 0 Å². The van der Waals surface area contributed by atoms with Gasteiger partial charge in [-0.2, -0.15) is 5.10 Å². The van der Waals surface area contributed by atoms with Gasteiger partial charge in [0.05, 0.1) is 6.20 Å². The van der Waals surface area contributed by atoms with E-state index in [1.54, 1.807) is 22.8 Å². The zero-order valence-electron chi connectivity index (χ0n) is 5.53. The predicted molar refractivity (Wildman–Crippen MR) is 45.1 cm³/mol. The molecular formula is C6H5BrN4. The minimum Gasteiger partial charge on any atom is -0.384 e. The first-order valence-electron chi connectivity index (χ1n) is 3.03. The minimum atomic E-state index is 0.491. The third-order valence-electron chi connectivity index (χ3n) is 1.34. The van der Waals surface area contributed by atoms with Gasteiger partial charge in [-0.05, 0) is 15.9 Å². The third-order valence-corrected chi connectivity index (χ3v) is 1.90. The Bertz CT molecular complexity index is 394. The van der Waals surface area contributed by atoms with Gasteiger partial charge in [-0.25, -0.2) is 9.50 Å². The van der Waals surface area contributed by atoms with E-state index in [1.807, 2.05) is 0 Å². The Balaban J connectivity index is 2.91. The molecule has 2 aromatic heterocycles. The van der Waals surface area contributed by atoms with E-state index in [-0.39, 0.29) is 0 Å². The van der Waals surface area contributed by atoms with E-state index in [1.165, 1.54) is 0 Å². The molecule has 0 aromatic carbocycles. The summed E-state index contributed by atoms with van der Waals surface area (Å²) >= 11 is 3.31. The molecule has 0 aliphatic carbocycles. The molecule has 0 aliphatic rings. The number of nitrogens with two attached hydrogens (primary N) is 1. The van der Waals surface area contributed by atoms with Crippen molar-refractivity contribution >= 4 is 27.4 Å². The maximum absolute atomic E-state index is 5.50. The molecular weight excluding hydrogens is 208 g/mol. The van der Waals surface area contributed by atoms with Crippen molar-refractivity contribution in [3.8, 4) is 0 Å². The molecule has 2 N–H and O–H groups in total. The number of rotatable bonds is 0. The third kappa shape index (κ3) is 0.970. The van der Waals surface area contributed by atoms with Crippen LogP contribution >= 0.6 is 15.9 Å². The molecule has 0 atom stereocenters. The van der Waals surface area contributed by atoms with Gasteiger partial charge in [0.1, 0.15) is 10.4 Å². The SMILES string of the molecule is Nc1cc(Br)n2nccc2n1. The first-order chi connectivity index (χ1) is 5.27. The summed E-state index contributed by atoms with van der Waals surface area (Å²) in [5, 5.41) is 4.01. The fraction of sp³-hybridized carbons (Fsp3) is 0. The lowest BCUT2D eigenvalue weighted by Gasteiger charge is -1.96. The van der Waals surface area contributed by atoms with Crippen molar-refractivity contribution in [3.05, 3.63) is 22.9 Å². The summed E-state index contributed by atoms with van der Waals surface area (Å²) in [5.74, 6) is 0.491. The highest BCUT2D eigenvalue weighted by Gasteiger charge is 1.99. The highest BCUT2D eigenvalue weighted by Crippen LogP contribution is 2.13. The Morgan fingerprint density at radius 3 is 3.18 bits per heavy atom. The van der Waals surface area contributed by atoms with Crippen LogP contribution in [-0.4, -0.2) is 14.6 Å². The van der Waals surface area contributed by atoms with Crippen LogP contribution in [0.2, 0.25) is 0 Å². The molecule has 0 bridgehead atoms. The van der Waals surface area contributed by atoms with E-state index < -0.39 is 0 Å². The summed E-state index contributed by atoms with van der Waals surface area (Å²) in [6, 6.07) is 3.50. The van der Waals surface area contributed by atoms with Crippen LogP contribution in [0.15, 0.2) is 22.9 Å². The lowest BCUT2D eigenvalue weighted by molar-refractivity contribution is 0.917. The normalized spacial score (nSPS) is 10.6. The van der Waals surface area contributed by atoms with E-state index in [2.05, 4.69) is 26.0 Å².